The van der Waals surface area contributed by atoms with Gasteiger partial charge in [0.05, 0.1) is 5.56 Å². The first-order chi connectivity index (χ1) is 12.0. The molecule has 0 heterocycles. The normalized spacial score (nSPS) is 10.2. The fraction of sp³-hybridized carbons (Fsp3) is 0.0625. The molecule has 0 aliphatic rings. The van der Waals surface area contributed by atoms with Gasteiger partial charge in [0.15, 0.2) is 11.5 Å². The number of hydrogen-bond donors (Lipinski definition) is 7. The highest BCUT2D eigenvalue weighted by atomic mass is 32.2. The number of nitrogens with one attached hydrogen (secondary N) is 2. The number of phenolic OH excluding ortho intramolecular Hbond substituents is 4. The van der Waals surface area contributed by atoms with Crippen molar-refractivity contribution in [3.05, 3.63) is 42.0 Å². The summed E-state index contributed by atoms with van der Waals surface area (Å²) in [5, 5.41) is 46.7. The van der Waals surface area contributed by atoms with Gasteiger partial charge in [-0.3, -0.25) is 4.79 Å². The van der Waals surface area contributed by atoms with E-state index in [-0.39, 0.29) is 10.5 Å². The standard InChI is InChI=1S/C15H13NO5S.CH5NO/c17-8-4-7-10-11(18)13(20)14(21)15(12(10)19)22-16-9-5-2-1-3-6-9;1-2-3/h1-8,16,18-21H;2-3H,1H3/b7-4+;. The first-order valence-electron chi connectivity index (χ1n) is 6.88. The van der Waals surface area contributed by atoms with Gasteiger partial charge in [0.1, 0.15) is 16.9 Å². The smallest absolute Gasteiger partial charge is 0.202 e. The lowest BCUT2D eigenvalue weighted by Crippen LogP contribution is -1.91. The fourth-order valence-electron chi connectivity index (χ4n) is 1.70. The summed E-state index contributed by atoms with van der Waals surface area (Å²) in [6.45, 7) is 0. The Hall–Kier alpha value is -2.88. The number of para-hydroxylation sites is 1. The predicted molar refractivity (Wildman–Crippen MR) is 95.0 cm³/mol. The van der Waals surface area contributed by atoms with Gasteiger partial charge in [-0.1, -0.05) is 18.2 Å². The van der Waals surface area contributed by atoms with Crippen molar-refractivity contribution >= 4 is 30.0 Å². The van der Waals surface area contributed by atoms with Crippen LogP contribution < -0.4 is 10.2 Å². The molecule has 8 nitrogen and oxygen atoms in total. The number of phenols is 4. The lowest BCUT2D eigenvalue weighted by molar-refractivity contribution is -0.104. The molecular weight excluding hydrogens is 348 g/mol. The maximum atomic E-state index is 10.4. The van der Waals surface area contributed by atoms with Crippen LogP contribution in [0.2, 0.25) is 0 Å². The molecule has 2 aromatic carbocycles. The van der Waals surface area contributed by atoms with Crippen LogP contribution in [0.4, 0.5) is 5.69 Å². The van der Waals surface area contributed by atoms with Crippen LogP contribution in [0.3, 0.4) is 0 Å². The van der Waals surface area contributed by atoms with Gasteiger partial charge in [-0.05, 0) is 36.2 Å². The summed E-state index contributed by atoms with van der Waals surface area (Å²) in [5.41, 5.74) is 2.30. The van der Waals surface area contributed by atoms with E-state index in [0.717, 1.165) is 24.1 Å². The van der Waals surface area contributed by atoms with Gasteiger partial charge in [-0.25, -0.2) is 5.48 Å². The molecule has 0 unspecified atom stereocenters. The number of hydroxylamine groups is 1. The van der Waals surface area contributed by atoms with Crippen LogP contribution >= 0.6 is 11.9 Å². The molecule has 2 aromatic rings. The van der Waals surface area contributed by atoms with E-state index in [2.05, 4.69) is 4.72 Å². The van der Waals surface area contributed by atoms with Crippen molar-refractivity contribution in [2.45, 2.75) is 4.90 Å². The summed E-state index contributed by atoms with van der Waals surface area (Å²) in [4.78, 5) is 10.3. The molecule has 25 heavy (non-hydrogen) atoms. The van der Waals surface area contributed by atoms with Gasteiger partial charge in [0.2, 0.25) is 5.75 Å². The van der Waals surface area contributed by atoms with Crippen LogP contribution in [0.15, 0.2) is 41.3 Å². The predicted octanol–water partition coefficient (Wildman–Crippen LogP) is 2.44. The minimum absolute atomic E-state index is 0.0790. The molecule has 0 bridgehead atoms. The van der Waals surface area contributed by atoms with Crippen molar-refractivity contribution in [3.8, 4) is 23.0 Å². The number of aromatic hydroxyl groups is 4. The number of hydrogen-bond acceptors (Lipinski definition) is 9. The zero-order valence-corrected chi connectivity index (χ0v) is 14.0. The molecule has 0 fully saturated rings. The molecular formula is C16H18N2O6S. The van der Waals surface area contributed by atoms with E-state index in [1.807, 2.05) is 6.07 Å². The number of rotatable bonds is 5. The summed E-state index contributed by atoms with van der Waals surface area (Å²) in [6.07, 6.45) is 2.63. The Morgan fingerprint density at radius 3 is 2.12 bits per heavy atom. The van der Waals surface area contributed by atoms with Crippen molar-refractivity contribution in [2.75, 3.05) is 11.8 Å². The van der Waals surface area contributed by atoms with E-state index < -0.39 is 23.0 Å². The van der Waals surface area contributed by atoms with Crippen molar-refractivity contribution in [1.82, 2.24) is 5.48 Å². The first kappa shape index (κ1) is 20.2. The third-order valence-electron chi connectivity index (χ3n) is 2.78. The second-order valence-electron chi connectivity index (χ2n) is 4.43. The van der Waals surface area contributed by atoms with E-state index in [0.29, 0.717) is 12.0 Å². The van der Waals surface area contributed by atoms with Crippen LogP contribution in [0.5, 0.6) is 23.0 Å². The Kier molecular flexibility index (Phi) is 8.13. The number of carbonyl (C=O) groups is 1. The van der Waals surface area contributed by atoms with Crippen molar-refractivity contribution in [3.63, 3.8) is 0 Å². The average molecular weight is 366 g/mol. The molecule has 0 radical (unpaired) electrons. The molecule has 0 aliphatic heterocycles. The molecule has 0 aliphatic carbocycles. The molecule has 134 valence electrons. The monoisotopic (exact) mass is 366 g/mol. The van der Waals surface area contributed by atoms with Crippen LogP contribution in [0, 0.1) is 0 Å². The zero-order valence-electron chi connectivity index (χ0n) is 13.2. The lowest BCUT2D eigenvalue weighted by Gasteiger charge is -2.13. The topological polar surface area (TPSA) is 142 Å². The highest BCUT2D eigenvalue weighted by molar-refractivity contribution is 8.00. The Labute approximate surface area is 148 Å². The summed E-state index contributed by atoms with van der Waals surface area (Å²) in [7, 11) is 1.43. The van der Waals surface area contributed by atoms with Crippen LogP contribution in [-0.4, -0.2) is 39.0 Å². The lowest BCUT2D eigenvalue weighted by atomic mass is 10.1. The second-order valence-corrected chi connectivity index (χ2v) is 5.24. The van der Waals surface area contributed by atoms with Gasteiger partial charge < -0.3 is 30.4 Å². The van der Waals surface area contributed by atoms with E-state index in [4.69, 9.17) is 5.21 Å². The first-order valence-corrected chi connectivity index (χ1v) is 7.69. The second kappa shape index (κ2) is 10.1. The van der Waals surface area contributed by atoms with E-state index in [1.54, 1.807) is 29.7 Å². The van der Waals surface area contributed by atoms with Gasteiger partial charge in [-0.2, -0.15) is 0 Å². The fourth-order valence-corrected chi connectivity index (χ4v) is 2.46. The summed E-state index contributed by atoms with van der Waals surface area (Å²) >= 11 is 0.854. The van der Waals surface area contributed by atoms with Crippen molar-refractivity contribution in [2.24, 2.45) is 0 Å². The Bertz CT molecular complexity index is 737. The minimum atomic E-state index is -0.777. The third kappa shape index (κ3) is 5.31. The Morgan fingerprint density at radius 2 is 1.56 bits per heavy atom. The largest absolute Gasteiger partial charge is 0.506 e. The van der Waals surface area contributed by atoms with Crippen molar-refractivity contribution < 1.29 is 30.4 Å². The molecule has 0 atom stereocenters. The van der Waals surface area contributed by atoms with E-state index >= 15 is 0 Å². The molecule has 0 spiro atoms. The highest BCUT2D eigenvalue weighted by Crippen LogP contribution is 2.51. The Morgan fingerprint density at radius 1 is 0.960 bits per heavy atom. The molecule has 0 aromatic heterocycles. The maximum Gasteiger partial charge on any atom is 0.202 e. The SMILES string of the molecule is CNO.O=C/C=C/c1c(O)c(O)c(O)c(SNc2ccccc2)c1O. The average Bonchev–Trinajstić information content (AvgIpc) is 2.61. The van der Waals surface area contributed by atoms with Gasteiger partial charge in [0.25, 0.3) is 0 Å². The third-order valence-corrected chi connectivity index (χ3v) is 3.70. The van der Waals surface area contributed by atoms with Gasteiger partial charge in [0, 0.05) is 12.7 Å². The molecule has 7 N–H and O–H groups in total. The van der Waals surface area contributed by atoms with Crippen LogP contribution in [-0.2, 0) is 4.79 Å². The number of aldehydes is 1. The van der Waals surface area contributed by atoms with Gasteiger partial charge in [-0.15, -0.1) is 0 Å². The molecule has 9 heteroatoms. The highest BCUT2D eigenvalue weighted by Gasteiger charge is 2.22. The Balaban J connectivity index is 0.000000970. The zero-order chi connectivity index (χ0) is 18.8. The molecule has 0 saturated carbocycles. The number of benzene rings is 2. The number of allylic oxidation sites excluding steroid dienone is 1. The number of anilines is 1. The summed E-state index contributed by atoms with van der Waals surface area (Å²) in [5.74, 6) is -2.61. The minimum Gasteiger partial charge on any atom is -0.506 e. The maximum absolute atomic E-state index is 10.4. The molecule has 2 rings (SSSR count). The van der Waals surface area contributed by atoms with E-state index in [1.165, 1.54) is 7.05 Å². The quantitative estimate of drug-likeness (QED) is 0.106. The summed E-state index contributed by atoms with van der Waals surface area (Å²) in [6, 6.07) is 8.98. The molecule has 0 amide bonds. The van der Waals surface area contributed by atoms with Crippen LogP contribution in [0.1, 0.15) is 5.56 Å². The van der Waals surface area contributed by atoms with Crippen molar-refractivity contribution in [1.29, 1.82) is 0 Å². The van der Waals surface area contributed by atoms with Crippen LogP contribution in [0.25, 0.3) is 6.08 Å². The number of carbonyl (C=O) groups excluding carboxylic acids is 1. The molecule has 0 saturated heterocycles. The summed E-state index contributed by atoms with van der Waals surface area (Å²) < 4.78 is 2.88. The van der Waals surface area contributed by atoms with E-state index in [9.17, 15) is 25.2 Å². The van der Waals surface area contributed by atoms with Gasteiger partial charge >= 0.3 is 0 Å².